The van der Waals surface area contributed by atoms with Crippen LogP contribution in [0.5, 0.6) is 0 Å². The van der Waals surface area contributed by atoms with Crippen LogP contribution in [-0.2, 0) is 19.1 Å². The first-order valence-corrected chi connectivity index (χ1v) is 4.38. The maximum Gasteiger partial charge on any atom is 0.370 e. The van der Waals surface area contributed by atoms with Crippen molar-refractivity contribution in [1.29, 1.82) is 0 Å². The summed E-state index contributed by atoms with van der Waals surface area (Å²) in [6, 6.07) is 0. The average Bonchev–Trinajstić information content (AvgIpc) is 2.97. The normalized spacial score (nSPS) is 16.3. The van der Waals surface area contributed by atoms with Gasteiger partial charge in [0.25, 0.3) is 0 Å². The Kier molecular flexibility index (Phi) is 3.62. The molecule has 0 atom stereocenters. The molecule has 0 amide bonds. The van der Waals surface area contributed by atoms with E-state index in [0.717, 1.165) is 12.8 Å². The number of esters is 2. The molecule has 1 saturated carbocycles. The number of halogens is 1. The molecule has 5 heteroatoms. The first kappa shape index (κ1) is 10.7. The summed E-state index contributed by atoms with van der Waals surface area (Å²) in [5.74, 6) is -2.93. The van der Waals surface area contributed by atoms with Gasteiger partial charge in [-0.25, -0.2) is 4.79 Å². The number of carbonyl (C=O) groups excluding carboxylic acids is 2. The lowest BCUT2D eigenvalue weighted by Gasteiger charge is -1.98. The molecule has 0 spiro atoms. The van der Waals surface area contributed by atoms with Gasteiger partial charge in [-0.1, -0.05) is 0 Å². The molecule has 0 radical (unpaired) electrons. The van der Waals surface area contributed by atoms with E-state index in [4.69, 9.17) is 0 Å². The fraction of sp³-hybridized carbons (Fsp3) is 0.556. The van der Waals surface area contributed by atoms with Crippen molar-refractivity contribution in [2.24, 2.45) is 5.92 Å². The minimum Gasteiger partial charge on any atom is -0.461 e. The van der Waals surface area contributed by atoms with E-state index in [9.17, 15) is 14.0 Å². The Balaban J connectivity index is 2.34. The molecule has 14 heavy (non-hydrogen) atoms. The van der Waals surface area contributed by atoms with E-state index < -0.39 is 17.8 Å². The van der Waals surface area contributed by atoms with Crippen molar-refractivity contribution in [3.05, 3.63) is 12.1 Å². The summed E-state index contributed by atoms with van der Waals surface area (Å²) >= 11 is 0. The number of carbonyl (C=O) groups is 2. The highest BCUT2D eigenvalue weighted by atomic mass is 19.1. The van der Waals surface area contributed by atoms with E-state index in [0.29, 0.717) is 6.26 Å². The summed E-state index contributed by atoms with van der Waals surface area (Å²) in [6.07, 6.45) is 2.04. The topological polar surface area (TPSA) is 52.6 Å². The van der Waals surface area contributed by atoms with Crippen LogP contribution in [0.2, 0.25) is 0 Å². The Bertz CT molecular complexity index is 268. The molecular weight excluding hydrogens is 191 g/mol. The zero-order chi connectivity index (χ0) is 10.6. The molecule has 1 rings (SSSR count). The van der Waals surface area contributed by atoms with Crippen LogP contribution in [0.1, 0.15) is 19.8 Å². The summed E-state index contributed by atoms with van der Waals surface area (Å²) in [7, 11) is 0. The Morgan fingerprint density at radius 1 is 1.50 bits per heavy atom. The van der Waals surface area contributed by atoms with Gasteiger partial charge in [0.05, 0.1) is 12.5 Å². The number of ether oxygens (including phenoxy) is 2. The predicted octanol–water partition coefficient (Wildman–Crippen LogP) is 1.31. The summed E-state index contributed by atoms with van der Waals surface area (Å²) in [5.41, 5.74) is 0. The third-order valence-corrected chi connectivity index (χ3v) is 1.66. The van der Waals surface area contributed by atoms with Gasteiger partial charge >= 0.3 is 11.9 Å². The standard InChI is InChI=1S/C9H11FO4/c1-2-13-9(12)7(10)5-14-8(11)6-3-4-6/h5-6H,2-4H2,1H3/b7-5+. The van der Waals surface area contributed by atoms with E-state index >= 15 is 0 Å². The van der Waals surface area contributed by atoms with Crippen molar-refractivity contribution >= 4 is 11.9 Å². The Morgan fingerprint density at radius 2 is 2.14 bits per heavy atom. The van der Waals surface area contributed by atoms with Crippen molar-refractivity contribution in [2.75, 3.05) is 6.61 Å². The van der Waals surface area contributed by atoms with Gasteiger partial charge in [0, 0.05) is 0 Å². The fourth-order valence-electron chi connectivity index (χ4n) is 0.773. The molecule has 1 aliphatic rings. The molecule has 0 aliphatic heterocycles. The smallest absolute Gasteiger partial charge is 0.370 e. The van der Waals surface area contributed by atoms with Gasteiger partial charge in [-0.3, -0.25) is 4.79 Å². The highest BCUT2D eigenvalue weighted by Crippen LogP contribution is 2.30. The van der Waals surface area contributed by atoms with E-state index in [1.54, 1.807) is 6.92 Å². The van der Waals surface area contributed by atoms with Crippen LogP contribution in [-0.4, -0.2) is 18.5 Å². The van der Waals surface area contributed by atoms with Crippen molar-refractivity contribution in [3.63, 3.8) is 0 Å². The Labute approximate surface area is 80.7 Å². The third-order valence-electron chi connectivity index (χ3n) is 1.66. The molecule has 4 nitrogen and oxygen atoms in total. The summed E-state index contributed by atoms with van der Waals surface area (Å²) in [4.78, 5) is 21.6. The Hall–Kier alpha value is -1.39. The van der Waals surface area contributed by atoms with Gasteiger partial charge in [-0.2, -0.15) is 4.39 Å². The van der Waals surface area contributed by atoms with Gasteiger partial charge in [0.2, 0.25) is 5.83 Å². The molecule has 0 aromatic heterocycles. The van der Waals surface area contributed by atoms with E-state index in [1.165, 1.54) is 0 Å². The van der Waals surface area contributed by atoms with Crippen molar-refractivity contribution in [2.45, 2.75) is 19.8 Å². The molecule has 78 valence electrons. The molecule has 0 N–H and O–H groups in total. The zero-order valence-corrected chi connectivity index (χ0v) is 7.79. The first-order valence-electron chi connectivity index (χ1n) is 4.38. The zero-order valence-electron chi connectivity index (χ0n) is 7.79. The second kappa shape index (κ2) is 4.74. The summed E-state index contributed by atoms with van der Waals surface area (Å²) in [5, 5.41) is 0. The highest BCUT2D eigenvalue weighted by Gasteiger charge is 2.31. The molecule has 0 saturated heterocycles. The number of hydrogen-bond acceptors (Lipinski definition) is 4. The summed E-state index contributed by atoms with van der Waals surface area (Å²) < 4.78 is 21.5. The molecule has 0 aromatic carbocycles. The lowest BCUT2D eigenvalue weighted by Crippen LogP contribution is -2.07. The fourth-order valence-corrected chi connectivity index (χ4v) is 0.773. The minimum absolute atomic E-state index is 0.0800. The van der Waals surface area contributed by atoms with Crippen molar-refractivity contribution in [3.8, 4) is 0 Å². The van der Waals surface area contributed by atoms with E-state index in [2.05, 4.69) is 9.47 Å². The maximum absolute atomic E-state index is 12.7. The van der Waals surface area contributed by atoms with E-state index in [-0.39, 0.29) is 12.5 Å². The van der Waals surface area contributed by atoms with Crippen molar-refractivity contribution < 1.29 is 23.5 Å². The third kappa shape index (κ3) is 3.16. The SMILES string of the molecule is CCOC(=O)/C(F)=C\OC(=O)C1CC1. The van der Waals surface area contributed by atoms with E-state index in [1.807, 2.05) is 0 Å². The average molecular weight is 202 g/mol. The van der Waals surface area contributed by atoms with Gasteiger partial charge in [0.1, 0.15) is 6.26 Å². The van der Waals surface area contributed by atoms with Gasteiger partial charge < -0.3 is 9.47 Å². The van der Waals surface area contributed by atoms with Gasteiger partial charge in [-0.05, 0) is 19.8 Å². The van der Waals surface area contributed by atoms with Crippen LogP contribution in [0.15, 0.2) is 12.1 Å². The minimum atomic E-state index is -1.19. The second-order valence-electron chi connectivity index (χ2n) is 2.90. The van der Waals surface area contributed by atoms with Crippen molar-refractivity contribution in [1.82, 2.24) is 0 Å². The monoisotopic (exact) mass is 202 g/mol. The molecule has 0 aromatic rings. The lowest BCUT2D eigenvalue weighted by molar-refractivity contribution is -0.141. The second-order valence-corrected chi connectivity index (χ2v) is 2.90. The Morgan fingerprint density at radius 3 is 2.64 bits per heavy atom. The molecule has 1 aliphatic carbocycles. The molecule has 1 fully saturated rings. The predicted molar refractivity (Wildman–Crippen MR) is 44.6 cm³/mol. The largest absolute Gasteiger partial charge is 0.461 e. The van der Waals surface area contributed by atoms with Crippen LogP contribution in [0.25, 0.3) is 0 Å². The quantitative estimate of drug-likeness (QED) is 0.392. The van der Waals surface area contributed by atoms with Crippen LogP contribution in [0, 0.1) is 5.92 Å². The molecule has 0 bridgehead atoms. The van der Waals surface area contributed by atoms with Crippen LogP contribution in [0.4, 0.5) is 4.39 Å². The maximum atomic E-state index is 12.7. The number of hydrogen-bond donors (Lipinski definition) is 0. The van der Waals surface area contributed by atoms with Crippen LogP contribution < -0.4 is 0 Å². The molecular formula is C9H11FO4. The van der Waals surface area contributed by atoms with Gasteiger partial charge in [0.15, 0.2) is 0 Å². The number of rotatable bonds is 4. The molecule has 0 unspecified atom stereocenters. The molecule has 0 heterocycles. The lowest BCUT2D eigenvalue weighted by atomic mass is 10.4. The van der Waals surface area contributed by atoms with Crippen LogP contribution >= 0.6 is 0 Å². The van der Waals surface area contributed by atoms with Crippen LogP contribution in [0.3, 0.4) is 0 Å². The van der Waals surface area contributed by atoms with Gasteiger partial charge in [-0.15, -0.1) is 0 Å². The first-order chi connectivity index (χ1) is 6.65. The highest BCUT2D eigenvalue weighted by molar-refractivity contribution is 5.86. The summed E-state index contributed by atoms with van der Waals surface area (Å²) in [6.45, 7) is 1.64.